The molecule has 0 saturated heterocycles. The molecule has 14 heavy (non-hydrogen) atoms. The van der Waals surface area contributed by atoms with Crippen LogP contribution < -0.4 is 88.7 Å². The smallest absolute Gasteiger partial charge is 0.285 e. The Bertz CT molecular complexity index is 221. The second-order valence-electron chi connectivity index (χ2n) is 0.896. The number of rotatable bonds is 0. The van der Waals surface area contributed by atoms with Gasteiger partial charge in [0.05, 0.1) is 0 Å². The van der Waals surface area contributed by atoms with E-state index < -0.39 is 18.1 Å². The van der Waals surface area contributed by atoms with Gasteiger partial charge in [0.15, 0.2) is 0 Å². The molecule has 0 unspecified atom stereocenters. The minimum absolute atomic E-state index is 0. The monoisotopic (exact) mass is 494 g/mol. The topological polar surface area (TPSA) is 115 Å². The third-order valence-corrected chi connectivity index (χ3v) is 0. The van der Waals surface area contributed by atoms with Crippen molar-refractivity contribution in [2.75, 3.05) is 0 Å². The Balaban J connectivity index is -0.0000000178. The van der Waals surface area contributed by atoms with Gasteiger partial charge in [0.25, 0.3) is 18.1 Å². The Morgan fingerprint density at radius 3 is 0.714 bits per heavy atom. The molecule has 0 atom stereocenters. The van der Waals surface area contributed by atoms with Crippen LogP contribution in [0.15, 0.2) is 0 Å². The van der Waals surface area contributed by atoms with Crippen LogP contribution in [-0.4, -0.2) is 26.6 Å². The molecule has 0 fully saturated rings. The van der Waals surface area contributed by atoms with Crippen molar-refractivity contribution >= 4 is 40.5 Å². The fraction of sp³-hybridized carbons (Fsp3) is 0. The van der Waals surface area contributed by atoms with Gasteiger partial charge in [0.2, 0.25) is 0 Å². The Kier molecular flexibility index (Phi) is 44.8. The van der Waals surface area contributed by atoms with E-state index >= 15 is 0 Å². The summed E-state index contributed by atoms with van der Waals surface area (Å²) in [5, 5.41) is 0. The van der Waals surface area contributed by atoms with Crippen molar-refractivity contribution in [3.05, 3.63) is 0 Å². The van der Waals surface area contributed by atoms with E-state index in [0.29, 0.717) is 0 Å². The molecule has 0 aromatic carbocycles. The van der Waals surface area contributed by atoms with Crippen molar-refractivity contribution in [1.82, 2.24) is 0 Å². The molecule has 6 nitrogen and oxygen atoms in total. The summed E-state index contributed by atoms with van der Waals surface area (Å²) < 4.78 is 47.9. The standard InChI is InChI=1S/Au.3Na.2H2O3S2/c;;;;2*1-5(2,3)4/h;;;;2*(H2,1,2,3,4)/q;3*+1;;. The Morgan fingerprint density at radius 1 is 0.714 bits per heavy atom. The van der Waals surface area contributed by atoms with Crippen molar-refractivity contribution in [3.8, 4) is 0 Å². The van der Waals surface area contributed by atoms with Gasteiger partial charge in [-0.05, 0) is 0 Å². The molecular weight excluding hydrogens is 490 g/mol. The molecule has 0 saturated carbocycles. The van der Waals surface area contributed by atoms with E-state index in [1.807, 2.05) is 0 Å². The molecule has 0 bridgehead atoms. The van der Waals surface area contributed by atoms with E-state index in [2.05, 4.69) is 22.4 Å². The summed E-state index contributed by atoms with van der Waals surface area (Å²) in [4.78, 5) is 0. The summed E-state index contributed by atoms with van der Waals surface area (Å²) in [7, 11) is -7.67. The van der Waals surface area contributed by atoms with Crippen LogP contribution in [0.5, 0.6) is 0 Å². The fourth-order valence-electron chi connectivity index (χ4n) is 0. The molecule has 0 rings (SSSR count). The van der Waals surface area contributed by atoms with E-state index in [9.17, 15) is 0 Å². The Morgan fingerprint density at radius 2 is 0.714 bits per heavy atom. The molecule has 0 aliphatic rings. The second kappa shape index (κ2) is 17.3. The molecule has 0 spiro atoms. The first-order valence-corrected chi connectivity index (χ1v) is 6.19. The van der Waals surface area contributed by atoms with Crippen molar-refractivity contribution in [3.63, 3.8) is 0 Å². The van der Waals surface area contributed by atoms with Crippen LogP contribution in [0.1, 0.15) is 0 Å². The molecule has 75 valence electrons. The average molecular weight is 494 g/mol. The van der Waals surface area contributed by atoms with Gasteiger partial charge in [-0.15, -0.1) is 0 Å². The SMILES string of the molecule is O=S(O)(O)=S.O=S(O)(O)=S.[Au].[Na+].[Na+].[Na+]. The van der Waals surface area contributed by atoms with E-state index in [4.69, 9.17) is 26.6 Å². The Labute approximate surface area is 174 Å². The van der Waals surface area contributed by atoms with Crippen molar-refractivity contribution < 1.29 is 138 Å². The molecule has 1 radical (unpaired) electrons. The van der Waals surface area contributed by atoms with E-state index in [1.54, 1.807) is 0 Å². The third kappa shape index (κ3) is 205. The van der Waals surface area contributed by atoms with Gasteiger partial charge in [0.1, 0.15) is 0 Å². The molecule has 0 aliphatic heterocycles. The quantitative estimate of drug-likeness (QED) is 0.246. The van der Waals surface area contributed by atoms with Gasteiger partial charge in [-0.25, -0.2) is 0 Å². The van der Waals surface area contributed by atoms with Gasteiger partial charge in [0, 0.05) is 44.8 Å². The van der Waals surface area contributed by atoms with Crippen LogP contribution in [0.2, 0.25) is 0 Å². The van der Waals surface area contributed by atoms with Gasteiger partial charge in [-0.3, -0.25) is 18.2 Å². The van der Waals surface area contributed by atoms with E-state index in [1.165, 1.54) is 0 Å². The normalized spacial score (nSPS) is 8.29. The fourth-order valence-corrected chi connectivity index (χ4v) is 0. The van der Waals surface area contributed by atoms with Crippen LogP contribution >= 0.6 is 0 Å². The minimum Gasteiger partial charge on any atom is -0.285 e. The summed E-state index contributed by atoms with van der Waals surface area (Å²) in [5.74, 6) is 0. The van der Waals surface area contributed by atoms with Crippen LogP contribution in [-0.2, 0) is 62.9 Å². The average Bonchev–Trinajstić information content (AvgIpc) is 1.12. The van der Waals surface area contributed by atoms with E-state index in [0.717, 1.165) is 0 Å². The summed E-state index contributed by atoms with van der Waals surface area (Å²) in [6.45, 7) is 0. The molecule has 0 aromatic heterocycles. The summed E-state index contributed by atoms with van der Waals surface area (Å²) in [6.07, 6.45) is 0. The molecule has 0 aromatic rings. The maximum absolute atomic E-state index is 9.11. The predicted molar refractivity (Wildman–Crippen MR) is 41.5 cm³/mol. The zero-order chi connectivity index (χ0) is 9.00. The third-order valence-electron chi connectivity index (χ3n) is 0. The molecule has 0 heterocycles. The summed E-state index contributed by atoms with van der Waals surface area (Å²) >= 11 is 6.93. The van der Waals surface area contributed by atoms with Gasteiger partial charge in [-0.2, -0.15) is 8.42 Å². The Hall–Kier alpha value is 4.32. The number of hydrogen-bond donors (Lipinski definition) is 4. The van der Waals surface area contributed by atoms with Gasteiger partial charge < -0.3 is 0 Å². The minimum atomic E-state index is -3.83. The zero-order valence-corrected chi connectivity index (χ0v) is 19.0. The van der Waals surface area contributed by atoms with Crippen LogP contribution in [0.4, 0.5) is 0 Å². The number of hydrogen-bond acceptors (Lipinski definition) is 4. The largest absolute Gasteiger partial charge is 1.00 e. The van der Waals surface area contributed by atoms with Crippen molar-refractivity contribution in [2.24, 2.45) is 0 Å². The molecule has 0 amide bonds. The first kappa shape index (κ1) is 36.2. The molecular formula is H4AuNa3O6S4+3. The first-order chi connectivity index (χ1) is 4.00. The van der Waals surface area contributed by atoms with Gasteiger partial charge >= 0.3 is 88.7 Å². The molecule has 0 aliphatic carbocycles. The van der Waals surface area contributed by atoms with Gasteiger partial charge in [-0.1, -0.05) is 0 Å². The maximum atomic E-state index is 9.11. The maximum Gasteiger partial charge on any atom is 1.00 e. The first-order valence-electron chi connectivity index (χ1n) is 1.40. The summed E-state index contributed by atoms with van der Waals surface area (Å²) in [6, 6.07) is 0. The molecule has 4 N–H and O–H groups in total. The second-order valence-corrected chi connectivity index (χ2v) is 5.29. The van der Waals surface area contributed by atoms with Crippen LogP contribution in [0, 0.1) is 0 Å². The van der Waals surface area contributed by atoms with E-state index in [-0.39, 0.29) is 111 Å². The van der Waals surface area contributed by atoms with Crippen LogP contribution in [0.3, 0.4) is 0 Å². The van der Waals surface area contributed by atoms with Crippen molar-refractivity contribution in [1.29, 1.82) is 0 Å². The zero-order valence-electron chi connectivity index (χ0n) is 7.54. The van der Waals surface area contributed by atoms with Crippen molar-refractivity contribution in [2.45, 2.75) is 0 Å². The predicted octanol–water partition coefficient (Wildman–Crippen LogP) is -9.63. The summed E-state index contributed by atoms with van der Waals surface area (Å²) in [5.41, 5.74) is 0. The molecule has 14 heteroatoms. The van der Waals surface area contributed by atoms with Crippen LogP contribution in [0.25, 0.3) is 0 Å².